The minimum Gasteiger partial charge on any atom is -0.377 e. The Labute approximate surface area is 113 Å². The quantitative estimate of drug-likeness (QED) is 0.928. The number of thiazole rings is 1. The SMILES string of the molecule is N#Cc1ccc(Cl)cc1NCc1ncc(Cl)s1. The Kier molecular flexibility index (Phi) is 3.85. The molecule has 6 heteroatoms. The van der Waals surface area contributed by atoms with Crippen molar-refractivity contribution in [2.75, 3.05) is 5.32 Å². The van der Waals surface area contributed by atoms with Crippen LogP contribution in [0.1, 0.15) is 10.6 Å². The predicted molar refractivity (Wildman–Crippen MR) is 70.6 cm³/mol. The third-order valence-electron chi connectivity index (χ3n) is 2.06. The zero-order chi connectivity index (χ0) is 12.3. The predicted octanol–water partition coefficient (Wildman–Crippen LogP) is 3.93. The second kappa shape index (κ2) is 5.37. The van der Waals surface area contributed by atoms with Crippen LogP contribution in [0.4, 0.5) is 5.69 Å². The van der Waals surface area contributed by atoms with Gasteiger partial charge in [-0.15, -0.1) is 11.3 Å². The minimum atomic E-state index is 0.520. The molecule has 0 amide bonds. The highest BCUT2D eigenvalue weighted by atomic mass is 35.5. The van der Waals surface area contributed by atoms with E-state index in [1.165, 1.54) is 11.3 Å². The monoisotopic (exact) mass is 283 g/mol. The summed E-state index contributed by atoms with van der Waals surface area (Å²) in [5.74, 6) is 0. The van der Waals surface area contributed by atoms with Gasteiger partial charge in [0.2, 0.25) is 0 Å². The van der Waals surface area contributed by atoms with Crippen molar-refractivity contribution in [3.8, 4) is 6.07 Å². The molecule has 0 bridgehead atoms. The maximum absolute atomic E-state index is 8.94. The van der Waals surface area contributed by atoms with Crippen molar-refractivity contribution in [1.82, 2.24) is 4.98 Å². The average Bonchev–Trinajstić information content (AvgIpc) is 2.73. The second-order valence-corrected chi connectivity index (χ2v) is 5.40. The number of hydrogen-bond acceptors (Lipinski definition) is 4. The lowest BCUT2D eigenvalue weighted by Gasteiger charge is -2.06. The highest BCUT2D eigenvalue weighted by Crippen LogP contribution is 2.23. The van der Waals surface area contributed by atoms with Gasteiger partial charge in [-0.25, -0.2) is 4.98 Å². The molecule has 0 aliphatic carbocycles. The second-order valence-electron chi connectivity index (χ2n) is 3.21. The standard InChI is InChI=1S/C11H7Cl2N3S/c12-8-2-1-7(4-14)9(3-8)15-6-11-16-5-10(13)17-11/h1-3,5,15H,6H2. The van der Waals surface area contributed by atoms with E-state index in [1.54, 1.807) is 24.4 Å². The lowest BCUT2D eigenvalue weighted by atomic mass is 10.2. The first-order valence-electron chi connectivity index (χ1n) is 4.73. The zero-order valence-corrected chi connectivity index (χ0v) is 10.9. The van der Waals surface area contributed by atoms with Gasteiger partial charge in [0.15, 0.2) is 0 Å². The lowest BCUT2D eigenvalue weighted by Crippen LogP contribution is -2.00. The molecule has 3 nitrogen and oxygen atoms in total. The molecule has 2 rings (SSSR count). The van der Waals surface area contributed by atoms with E-state index >= 15 is 0 Å². The van der Waals surface area contributed by atoms with Crippen molar-refractivity contribution >= 4 is 40.2 Å². The Bertz CT molecular complexity index is 574. The van der Waals surface area contributed by atoms with Crippen molar-refractivity contribution in [3.63, 3.8) is 0 Å². The van der Waals surface area contributed by atoms with Crippen molar-refractivity contribution in [2.24, 2.45) is 0 Å². The first-order valence-corrected chi connectivity index (χ1v) is 6.30. The summed E-state index contributed by atoms with van der Waals surface area (Å²) >= 11 is 13.1. The molecule has 0 spiro atoms. The summed E-state index contributed by atoms with van der Waals surface area (Å²) in [6.07, 6.45) is 1.60. The fourth-order valence-corrected chi connectivity index (χ4v) is 2.37. The van der Waals surface area contributed by atoms with Crippen LogP contribution in [0.5, 0.6) is 0 Å². The van der Waals surface area contributed by atoms with Crippen LogP contribution in [-0.2, 0) is 6.54 Å². The maximum atomic E-state index is 8.94. The number of benzene rings is 1. The van der Waals surface area contributed by atoms with Crippen LogP contribution in [0.25, 0.3) is 0 Å². The van der Waals surface area contributed by atoms with Gasteiger partial charge < -0.3 is 5.32 Å². The number of rotatable bonds is 3. The molecule has 0 unspecified atom stereocenters. The van der Waals surface area contributed by atoms with E-state index < -0.39 is 0 Å². The zero-order valence-electron chi connectivity index (χ0n) is 8.58. The molecule has 1 heterocycles. The van der Waals surface area contributed by atoms with E-state index in [1.807, 2.05) is 0 Å². The molecule has 1 aromatic carbocycles. The van der Waals surface area contributed by atoms with Crippen LogP contribution in [0.3, 0.4) is 0 Å². The maximum Gasteiger partial charge on any atom is 0.113 e. The summed E-state index contributed by atoms with van der Waals surface area (Å²) in [6.45, 7) is 0.520. The van der Waals surface area contributed by atoms with Gasteiger partial charge in [0.25, 0.3) is 0 Å². The Balaban J connectivity index is 2.13. The number of anilines is 1. The van der Waals surface area contributed by atoms with Gasteiger partial charge in [0, 0.05) is 5.02 Å². The normalized spacial score (nSPS) is 9.94. The van der Waals surface area contributed by atoms with Gasteiger partial charge >= 0.3 is 0 Å². The van der Waals surface area contributed by atoms with E-state index in [4.69, 9.17) is 28.5 Å². The molecule has 0 saturated carbocycles. The van der Waals surface area contributed by atoms with Crippen molar-refractivity contribution < 1.29 is 0 Å². The third-order valence-corrected chi connectivity index (χ3v) is 3.41. The van der Waals surface area contributed by atoms with Crippen LogP contribution < -0.4 is 5.32 Å². The number of hydrogen-bond donors (Lipinski definition) is 1. The summed E-state index contributed by atoms with van der Waals surface area (Å²) in [4.78, 5) is 4.12. The smallest absolute Gasteiger partial charge is 0.113 e. The topological polar surface area (TPSA) is 48.7 Å². The summed E-state index contributed by atoms with van der Waals surface area (Å²) < 4.78 is 0.647. The van der Waals surface area contributed by atoms with Gasteiger partial charge in [-0.05, 0) is 18.2 Å². The van der Waals surface area contributed by atoms with Crippen molar-refractivity contribution in [1.29, 1.82) is 5.26 Å². The molecule has 1 aromatic heterocycles. The highest BCUT2D eigenvalue weighted by molar-refractivity contribution is 7.15. The molecule has 86 valence electrons. The van der Waals surface area contributed by atoms with Gasteiger partial charge in [0.1, 0.15) is 15.4 Å². The average molecular weight is 284 g/mol. The molecule has 0 aliphatic rings. The summed E-state index contributed by atoms with van der Waals surface area (Å²) in [6, 6.07) is 7.18. The fourth-order valence-electron chi connectivity index (χ4n) is 1.30. The number of halogens is 2. The van der Waals surface area contributed by atoms with E-state index in [2.05, 4.69) is 16.4 Å². The number of nitrogens with one attached hydrogen (secondary N) is 1. The summed E-state index contributed by atoms with van der Waals surface area (Å²) in [5.41, 5.74) is 1.25. The lowest BCUT2D eigenvalue weighted by molar-refractivity contribution is 1.10. The van der Waals surface area contributed by atoms with Gasteiger partial charge in [-0.2, -0.15) is 5.26 Å². The molecule has 1 N–H and O–H groups in total. The molecule has 0 aliphatic heterocycles. The van der Waals surface area contributed by atoms with Crippen molar-refractivity contribution in [2.45, 2.75) is 6.54 Å². The molecular formula is C11H7Cl2N3S. The summed E-state index contributed by atoms with van der Waals surface area (Å²) in [7, 11) is 0. The van der Waals surface area contributed by atoms with Crippen LogP contribution in [0, 0.1) is 11.3 Å². The molecule has 0 atom stereocenters. The first kappa shape index (κ1) is 12.2. The molecule has 0 saturated heterocycles. The third kappa shape index (κ3) is 3.10. The largest absolute Gasteiger partial charge is 0.377 e. The number of aromatic nitrogens is 1. The van der Waals surface area contributed by atoms with Crippen LogP contribution in [0.15, 0.2) is 24.4 Å². The van der Waals surface area contributed by atoms with Crippen molar-refractivity contribution in [3.05, 3.63) is 44.3 Å². The van der Waals surface area contributed by atoms with E-state index in [0.29, 0.717) is 27.2 Å². The minimum absolute atomic E-state index is 0.520. The van der Waals surface area contributed by atoms with Crippen LogP contribution in [0.2, 0.25) is 9.36 Å². The van der Waals surface area contributed by atoms with Gasteiger partial charge in [-0.1, -0.05) is 23.2 Å². The number of nitriles is 1. The Hall–Kier alpha value is -1.28. The molecule has 2 aromatic rings. The van der Waals surface area contributed by atoms with Crippen LogP contribution >= 0.6 is 34.5 Å². The Morgan fingerprint density at radius 1 is 1.41 bits per heavy atom. The number of nitrogens with zero attached hydrogens (tertiary/aromatic N) is 2. The Morgan fingerprint density at radius 2 is 2.24 bits per heavy atom. The molecule has 0 radical (unpaired) electrons. The molecule has 17 heavy (non-hydrogen) atoms. The Morgan fingerprint density at radius 3 is 2.88 bits per heavy atom. The highest BCUT2D eigenvalue weighted by Gasteiger charge is 2.04. The summed E-state index contributed by atoms with van der Waals surface area (Å²) in [5, 5.41) is 13.5. The molecule has 0 fully saturated rings. The van der Waals surface area contributed by atoms with Gasteiger partial charge in [-0.3, -0.25) is 0 Å². The van der Waals surface area contributed by atoms with E-state index in [0.717, 1.165) is 5.01 Å². The van der Waals surface area contributed by atoms with E-state index in [9.17, 15) is 0 Å². The molecular weight excluding hydrogens is 277 g/mol. The first-order chi connectivity index (χ1) is 8.19. The fraction of sp³-hybridized carbons (Fsp3) is 0.0909. The van der Waals surface area contributed by atoms with Crippen LogP contribution in [-0.4, -0.2) is 4.98 Å². The van der Waals surface area contributed by atoms with Gasteiger partial charge in [0.05, 0.1) is 24.0 Å². The van der Waals surface area contributed by atoms with E-state index in [-0.39, 0.29) is 0 Å².